The minimum Gasteiger partial charge on any atom is -0.272 e. The van der Waals surface area contributed by atoms with Crippen LogP contribution >= 0.6 is 35.0 Å². The summed E-state index contributed by atoms with van der Waals surface area (Å²) >= 11 is 13.5. The van der Waals surface area contributed by atoms with E-state index in [0.29, 0.717) is 26.6 Å². The summed E-state index contributed by atoms with van der Waals surface area (Å²) in [5.74, 6) is 0.510. The number of amides is 1. The van der Waals surface area contributed by atoms with Gasteiger partial charge in [-0.1, -0.05) is 104 Å². The van der Waals surface area contributed by atoms with Gasteiger partial charge < -0.3 is 0 Å². The van der Waals surface area contributed by atoms with Crippen LogP contribution in [0, 0.1) is 0 Å². The molecule has 0 unspecified atom stereocenters. The summed E-state index contributed by atoms with van der Waals surface area (Å²) in [5, 5.41) is 14.3. The van der Waals surface area contributed by atoms with Crippen LogP contribution in [0.1, 0.15) is 31.9 Å². The Bertz CT molecular complexity index is 1360. The number of nitrogens with zero attached hydrogens (tertiary/aromatic N) is 4. The summed E-state index contributed by atoms with van der Waals surface area (Å²) in [6, 6.07) is 23.3. The van der Waals surface area contributed by atoms with Crippen molar-refractivity contribution in [2.24, 2.45) is 5.10 Å². The molecule has 0 atom stereocenters. The van der Waals surface area contributed by atoms with Crippen LogP contribution in [-0.4, -0.2) is 32.6 Å². The second-order valence-electron chi connectivity index (χ2n) is 9.02. The number of aromatic nitrogens is 3. The molecule has 1 aromatic heterocycles. The van der Waals surface area contributed by atoms with Crippen LogP contribution in [0.2, 0.25) is 10.0 Å². The van der Waals surface area contributed by atoms with Gasteiger partial charge >= 0.3 is 0 Å². The predicted molar refractivity (Wildman–Crippen MR) is 148 cm³/mol. The minimum atomic E-state index is -0.293. The number of rotatable bonds is 7. The van der Waals surface area contributed by atoms with Crippen molar-refractivity contribution in [3.05, 3.63) is 94.0 Å². The van der Waals surface area contributed by atoms with E-state index in [2.05, 4.69) is 65.8 Å². The molecule has 0 aliphatic heterocycles. The predicted octanol–water partition coefficient (Wildman–Crippen LogP) is 6.78. The number of halogens is 2. The molecule has 9 heteroatoms. The van der Waals surface area contributed by atoms with Gasteiger partial charge in [0.2, 0.25) is 0 Å². The van der Waals surface area contributed by atoms with Gasteiger partial charge in [-0.3, -0.25) is 9.36 Å². The van der Waals surface area contributed by atoms with Gasteiger partial charge in [-0.2, -0.15) is 5.10 Å². The molecular weight excluding hydrogens is 513 g/mol. The smallest absolute Gasteiger partial charge is 0.250 e. The second kappa shape index (κ2) is 11.3. The first-order valence-corrected chi connectivity index (χ1v) is 13.0. The Morgan fingerprint density at radius 1 is 0.972 bits per heavy atom. The van der Waals surface area contributed by atoms with Gasteiger partial charge in [0.1, 0.15) is 0 Å². The topological polar surface area (TPSA) is 72.2 Å². The highest BCUT2D eigenvalue weighted by molar-refractivity contribution is 7.99. The van der Waals surface area contributed by atoms with Gasteiger partial charge in [0.05, 0.1) is 22.0 Å². The Labute approximate surface area is 224 Å². The normalized spacial score (nSPS) is 11.7. The molecule has 4 rings (SSSR count). The number of hydrazone groups is 1. The lowest BCUT2D eigenvalue weighted by molar-refractivity contribution is -0.118. The number of para-hydroxylation sites is 1. The zero-order valence-corrected chi connectivity index (χ0v) is 22.4. The lowest BCUT2D eigenvalue weighted by atomic mass is 9.87. The molecule has 4 aromatic rings. The Morgan fingerprint density at radius 3 is 2.28 bits per heavy atom. The molecule has 6 nitrogen and oxygen atoms in total. The van der Waals surface area contributed by atoms with Crippen molar-refractivity contribution in [1.82, 2.24) is 20.2 Å². The number of benzene rings is 3. The number of thioether (sulfide) groups is 1. The summed E-state index contributed by atoms with van der Waals surface area (Å²) in [6.07, 6.45) is 1.43. The molecule has 0 saturated heterocycles. The molecule has 0 aliphatic carbocycles. The largest absolute Gasteiger partial charge is 0.272 e. The Hall–Kier alpha value is -3.13. The third-order valence-electron chi connectivity index (χ3n) is 5.37. The zero-order chi connectivity index (χ0) is 25.7. The molecule has 36 heavy (non-hydrogen) atoms. The third-order valence-corrected chi connectivity index (χ3v) is 6.96. The van der Waals surface area contributed by atoms with Crippen LogP contribution in [0.4, 0.5) is 0 Å². The van der Waals surface area contributed by atoms with E-state index in [1.54, 1.807) is 18.2 Å². The van der Waals surface area contributed by atoms with Crippen LogP contribution in [-0.2, 0) is 10.2 Å². The summed E-state index contributed by atoms with van der Waals surface area (Å²) in [6.45, 7) is 6.55. The average Bonchev–Trinajstić information content (AvgIpc) is 3.28. The number of carbonyl (C=O) groups is 1. The van der Waals surface area contributed by atoms with Crippen molar-refractivity contribution in [2.75, 3.05) is 5.75 Å². The van der Waals surface area contributed by atoms with E-state index >= 15 is 0 Å². The standard InChI is InChI=1S/C27H25Cl2N5OS/c1-27(2,3)19-14-12-18(13-15-19)25-32-33-26(34(25)20-8-5-4-6-9-20)36-17-24(35)31-30-16-21-22(28)10-7-11-23(21)29/h4-16H,17H2,1-3H3,(H,31,35)/b30-16-. The molecule has 3 aromatic carbocycles. The van der Waals surface area contributed by atoms with E-state index in [9.17, 15) is 4.79 Å². The van der Waals surface area contributed by atoms with Gasteiger partial charge in [0, 0.05) is 16.8 Å². The van der Waals surface area contributed by atoms with Crippen molar-refractivity contribution >= 4 is 47.1 Å². The summed E-state index contributed by atoms with van der Waals surface area (Å²) < 4.78 is 1.96. The fraction of sp³-hybridized carbons (Fsp3) is 0.185. The first-order valence-electron chi connectivity index (χ1n) is 11.2. The third kappa shape index (κ3) is 6.16. The SMILES string of the molecule is CC(C)(C)c1ccc(-c2nnc(SCC(=O)N/N=C\c3c(Cl)cccc3Cl)n2-c2ccccc2)cc1. The van der Waals surface area contributed by atoms with Gasteiger partial charge in [-0.15, -0.1) is 10.2 Å². The second-order valence-corrected chi connectivity index (χ2v) is 10.8. The van der Waals surface area contributed by atoms with E-state index in [-0.39, 0.29) is 17.1 Å². The van der Waals surface area contributed by atoms with E-state index in [1.807, 2.05) is 34.9 Å². The monoisotopic (exact) mass is 537 g/mol. The van der Waals surface area contributed by atoms with E-state index in [1.165, 1.54) is 23.5 Å². The number of carbonyl (C=O) groups excluding carboxylic acids is 1. The quantitative estimate of drug-likeness (QED) is 0.160. The highest BCUT2D eigenvalue weighted by Gasteiger charge is 2.19. The lowest BCUT2D eigenvalue weighted by Gasteiger charge is -2.19. The van der Waals surface area contributed by atoms with Gasteiger partial charge in [-0.25, -0.2) is 5.43 Å². The van der Waals surface area contributed by atoms with Crippen molar-refractivity contribution in [2.45, 2.75) is 31.3 Å². The maximum absolute atomic E-state index is 12.5. The Kier molecular flexibility index (Phi) is 8.14. The molecule has 0 radical (unpaired) electrons. The molecule has 0 saturated carbocycles. The van der Waals surface area contributed by atoms with Crippen molar-refractivity contribution in [3.63, 3.8) is 0 Å². The summed E-state index contributed by atoms with van der Waals surface area (Å²) in [7, 11) is 0. The average molecular weight is 539 g/mol. The van der Waals surface area contributed by atoms with Crippen LogP contribution in [0.25, 0.3) is 17.1 Å². The van der Waals surface area contributed by atoms with Gasteiger partial charge in [0.25, 0.3) is 5.91 Å². The molecule has 1 heterocycles. The highest BCUT2D eigenvalue weighted by Crippen LogP contribution is 2.30. The van der Waals surface area contributed by atoms with Crippen molar-refractivity contribution in [1.29, 1.82) is 0 Å². The lowest BCUT2D eigenvalue weighted by Crippen LogP contribution is -2.20. The Morgan fingerprint density at radius 2 is 1.64 bits per heavy atom. The Balaban J connectivity index is 1.53. The number of nitrogens with one attached hydrogen (secondary N) is 1. The maximum Gasteiger partial charge on any atom is 0.250 e. The van der Waals surface area contributed by atoms with Crippen LogP contribution in [0.3, 0.4) is 0 Å². The maximum atomic E-state index is 12.5. The van der Waals surface area contributed by atoms with Gasteiger partial charge in [-0.05, 0) is 35.2 Å². The summed E-state index contributed by atoms with van der Waals surface area (Å²) in [5.41, 5.74) is 6.19. The molecule has 0 fully saturated rings. The van der Waals surface area contributed by atoms with Crippen LogP contribution < -0.4 is 5.43 Å². The van der Waals surface area contributed by atoms with Crippen molar-refractivity contribution < 1.29 is 4.79 Å². The minimum absolute atomic E-state index is 0.0552. The zero-order valence-electron chi connectivity index (χ0n) is 20.1. The highest BCUT2D eigenvalue weighted by atomic mass is 35.5. The fourth-order valence-corrected chi connectivity index (χ4v) is 4.68. The molecule has 1 N–H and O–H groups in total. The van der Waals surface area contributed by atoms with E-state index < -0.39 is 0 Å². The number of hydrogen-bond donors (Lipinski definition) is 1. The molecular formula is C27H25Cl2N5OS. The summed E-state index contributed by atoms with van der Waals surface area (Å²) in [4.78, 5) is 12.5. The van der Waals surface area contributed by atoms with E-state index in [4.69, 9.17) is 23.2 Å². The fourth-order valence-electron chi connectivity index (χ4n) is 3.44. The molecule has 184 valence electrons. The van der Waals surface area contributed by atoms with Crippen LogP contribution in [0.5, 0.6) is 0 Å². The molecule has 0 aliphatic rings. The van der Waals surface area contributed by atoms with Crippen molar-refractivity contribution in [3.8, 4) is 17.1 Å². The van der Waals surface area contributed by atoms with Crippen LogP contribution in [0.15, 0.2) is 83.1 Å². The van der Waals surface area contributed by atoms with Gasteiger partial charge in [0.15, 0.2) is 11.0 Å². The molecule has 1 amide bonds. The molecule has 0 bridgehead atoms. The first kappa shape index (κ1) is 25.9. The number of hydrogen-bond acceptors (Lipinski definition) is 5. The molecule has 0 spiro atoms. The first-order chi connectivity index (χ1) is 17.2. The van der Waals surface area contributed by atoms with E-state index in [0.717, 1.165) is 11.3 Å².